The molecule has 0 aliphatic carbocycles. The summed E-state index contributed by atoms with van der Waals surface area (Å²) < 4.78 is 19.7. The highest BCUT2D eigenvalue weighted by Gasteiger charge is 2.46. The molecule has 1 amide bonds. The number of hydrogen-bond donors (Lipinski definition) is 0. The minimum Gasteiger partial charge on any atom is -0.471 e. The monoisotopic (exact) mass is 572 g/mol. The number of anilines is 1. The lowest BCUT2D eigenvalue weighted by Crippen LogP contribution is -2.53. The van der Waals surface area contributed by atoms with Crippen molar-refractivity contribution in [3.63, 3.8) is 0 Å². The number of piperidine rings is 1. The summed E-state index contributed by atoms with van der Waals surface area (Å²) in [7, 11) is 2.07. The summed E-state index contributed by atoms with van der Waals surface area (Å²) >= 11 is 0. The van der Waals surface area contributed by atoms with Gasteiger partial charge in [0.1, 0.15) is 24.1 Å². The first-order chi connectivity index (χ1) is 20.2. The molecule has 2 bridgehead atoms. The third-order valence-electron chi connectivity index (χ3n) is 9.06. The van der Waals surface area contributed by atoms with Gasteiger partial charge in [0, 0.05) is 49.1 Å². The maximum atomic E-state index is 12.9. The van der Waals surface area contributed by atoms with Gasteiger partial charge in [0.2, 0.25) is 5.88 Å². The summed E-state index contributed by atoms with van der Waals surface area (Å²) in [5.41, 5.74) is 4.57. The summed E-state index contributed by atoms with van der Waals surface area (Å²) in [6.45, 7) is 7.00. The highest BCUT2D eigenvalue weighted by atomic mass is 16.6. The molecule has 7 rings (SSSR count). The maximum Gasteiger partial charge on any atom is 0.410 e. The molecule has 4 atom stereocenters. The van der Waals surface area contributed by atoms with Crippen LogP contribution in [0.4, 0.5) is 10.6 Å². The van der Waals surface area contributed by atoms with Crippen molar-refractivity contribution >= 4 is 11.9 Å². The van der Waals surface area contributed by atoms with Crippen LogP contribution in [-0.2, 0) is 16.1 Å². The Bertz CT molecular complexity index is 1460. The van der Waals surface area contributed by atoms with Gasteiger partial charge in [-0.3, -0.25) is 0 Å². The predicted molar refractivity (Wildman–Crippen MR) is 158 cm³/mol. The summed E-state index contributed by atoms with van der Waals surface area (Å²) in [5, 5.41) is 4.58. The van der Waals surface area contributed by atoms with Crippen LogP contribution in [0.25, 0.3) is 22.4 Å². The van der Waals surface area contributed by atoms with E-state index in [9.17, 15) is 4.79 Å². The largest absolute Gasteiger partial charge is 0.471 e. The average Bonchev–Trinajstić information content (AvgIpc) is 3.58. The van der Waals surface area contributed by atoms with Crippen molar-refractivity contribution in [2.45, 2.75) is 102 Å². The molecule has 3 aromatic rings. The van der Waals surface area contributed by atoms with Crippen LogP contribution in [0.3, 0.4) is 0 Å². The molecule has 2 aromatic heterocycles. The van der Waals surface area contributed by atoms with Gasteiger partial charge in [0.05, 0.1) is 12.4 Å². The molecule has 10 heteroatoms. The fourth-order valence-corrected chi connectivity index (χ4v) is 6.93. The second-order valence-corrected chi connectivity index (χ2v) is 13.1. The molecule has 4 aliphatic rings. The number of fused-ring (bicyclic) bond motifs is 5. The third kappa shape index (κ3) is 5.10. The Kier molecular flexibility index (Phi) is 6.84. The van der Waals surface area contributed by atoms with Gasteiger partial charge in [-0.05, 0) is 82.9 Å². The van der Waals surface area contributed by atoms with Gasteiger partial charge in [-0.1, -0.05) is 12.1 Å². The lowest BCUT2D eigenvalue weighted by Gasteiger charge is -2.42. The molecule has 3 saturated heterocycles. The molecule has 4 aliphatic heterocycles. The number of nitrogens with zero attached hydrogens (tertiary/aromatic N) is 6. The van der Waals surface area contributed by atoms with E-state index in [1.54, 1.807) is 0 Å². The Labute approximate surface area is 247 Å². The number of benzene rings is 1. The van der Waals surface area contributed by atoms with Gasteiger partial charge in [0.25, 0.3) is 0 Å². The molecule has 0 saturated carbocycles. The molecule has 3 unspecified atom stereocenters. The van der Waals surface area contributed by atoms with Crippen LogP contribution < -0.4 is 9.64 Å². The van der Waals surface area contributed by atoms with Crippen molar-refractivity contribution in [3.8, 4) is 28.3 Å². The van der Waals surface area contributed by atoms with Gasteiger partial charge in [-0.15, -0.1) is 0 Å². The van der Waals surface area contributed by atoms with Crippen LogP contribution in [0.5, 0.6) is 5.88 Å². The first-order valence-electron chi connectivity index (χ1n) is 15.3. The smallest absolute Gasteiger partial charge is 0.410 e. The minimum absolute atomic E-state index is 0.0237. The van der Waals surface area contributed by atoms with E-state index >= 15 is 0 Å². The van der Waals surface area contributed by atoms with Crippen LogP contribution >= 0.6 is 0 Å². The highest BCUT2D eigenvalue weighted by molar-refractivity contribution is 5.75. The second kappa shape index (κ2) is 10.6. The van der Waals surface area contributed by atoms with Gasteiger partial charge >= 0.3 is 6.09 Å². The Morgan fingerprint density at radius 3 is 2.62 bits per heavy atom. The van der Waals surface area contributed by atoms with E-state index in [-0.39, 0.29) is 30.4 Å². The van der Waals surface area contributed by atoms with E-state index in [0.29, 0.717) is 12.5 Å². The molecule has 222 valence electrons. The number of hydrogen-bond acceptors (Lipinski definition) is 8. The standard InChI is InChI=1S/C32H40N6O4/c1-32(2,3)42-31(39)38-23-9-10-24(38)15-25(14-23)36(4)27-17-33-29-26-11-8-20(13-21(26)19-41-30(29)35-27)22-16-34-37(18-22)28-7-5-6-12-40-28/h8,11,13,16-18,23-25,28H,5-7,9-10,12,14-15,19H2,1-4H3/t23-,24?,25?,28?/m1/s1. The van der Waals surface area contributed by atoms with Crippen molar-refractivity contribution in [3.05, 3.63) is 42.4 Å². The zero-order valence-electron chi connectivity index (χ0n) is 25.0. The highest BCUT2D eigenvalue weighted by Crippen LogP contribution is 2.41. The number of amides is 1. The molecule has 0 radical (unpaired) electrons. The fourth-order valence-electron chi connectivity index (χ4n) is 6.93. The number of ether oxygens (including phenoxy) is 3. The number of rotatable bonds is 4. The second-order valence-electron chi connectivity index (χ2n) is 13.1. The van der Waals surface area contributed by atoms with E-state index in [2.05, 4.69) is 41.4 Å². The molecular formula is C32H40N6O4. The molecule has 6 heterocycles. The van der Waals surface area contributed by atoms with Crippen LogP contribution in [0, 0.1) is 0 Å². The summed E-state index contributed by atoms with van der Waals surface area (Å²) in [5.74, 6) is 1.36. The quantitative estimate of drug-likeness (QED) is 0.378. The van der Waals surface area contributed by atoms with Crippen molar-refractivity contribution in [1.82, 2.24) is 24.6 Å². The Balaban J connectivity index is 1.06. The summed E-state index contributed by atoms with van der Waals surface area (Å²) in [6.07, 6.45) is 12.8. The topological polar surface area (TPSA) is 94.8 Å². The third-order valence-corrected chi connectivity index (χ3v) is 9.06. The summed E-state index contributed by atoms with van der Waals surface area (Å²) in [4.78, 5) is 26.8. The van der Waals surface area contributed by atoms with E-state index in [1.807, 2.05) is 42.7 Å². The zero-order valence-corrected chi connectivity index (χ0v) is 25.0. The molecule has 42 heavy (non-hydrogen) atoms. The van der Waals surface area contributed by atoms with E-state index in [1.165, 1.54) is 6.42 Å². The first-order valence-corrected chi connectivity index (χ1v) is 15.3. The van der Waals surface area contributed by atoms with Crippen LogP contribution in [0.2, 0.25) is 0 Å². The Hall–Kier alpha value is -3.66. The van der Waals surface area contributed by atoms with Gasteiger partial charge in [-0.25, -0.2) is 14.5 Å². The zero-order chi connectivity index (χ0) is 29.0. The fraction of sp³-hybridized carbons (Fsp3) is 0.562. The van der Waals surface area contributed by atoms with E-state index < -0.39 is 5.60 Å². The molecule has 0 N–H and O–H groups in total. The maximum absolute atomic E-state index is 12.9. The van der Waals surface area contributed by atoms with E-state index in [4.69, 9.17) is 24.2 Å². The molecular weight excluding hydrogens is 532 g/mol. The lowest BCUT2D eigenvalue weighted by atomic mass is 9.96. The lowest BCUT2D eigenvalue weighted by molar-refractivity contribution is -0.0394. The Morgan fingerprint density at radius 1 is 1.07 bits per heavy atom. The molecule has 3 fully saturated rings. The van der Waals surface area contributed by atoms with Crippen molar-refractivity contribution in [1.29, 1.82) is 0 Å². The normalized spacial score (nSPS) is 24.9. The first kappa shape index (κ1) is 27.2. The molecule has 1 aromatic carbocycles. The summed E-state index contributed by atoms with van der Waals surface area (Å²) in [6, 6.07) is 7.05. The minimum atomic E-state index is -0.490. The Morgan fingerprint density at radius 2 is 1.88 bits per heavy atom. The predicted octanol–water partition coefficient (Wildman–Crippen LogP) is 5.97. The average molecular weight is 573 g/mol. The van der Waals surface area contributed by atoms with Crippen LogP contribution in [0.15, 0.2) is 36.8 Å². The molecule has 0 spiro atoms. The van der Waals surface area contributed by atoms with Gasteiger partial charge < -0.3 is 24.0 Å². The van der Waals surface area contributed by atoms with Crippen molar-refractivity contribution in [2.75, 3.05) is 18.6 Å². The van der Waals surface area contributed by atoms with Gasteiger partial charge in [-0.2, -0.15) is 10.1 Å². The van der Waals surface area contributed by atoms with Crippen LogP contribution in [-0.4, -0.2) is 68.1 Å². The van der Waals surface area contributed by atoms with Crippen molar-refractivity contribution < 1.29 is 19.0 Å². The number of carbonyl (C=O) groups is 1. The van der Waals surface area contributed by atoms with Gasteiger partial charge in [0.15, 0.2) is 5.82 Å². The SMILES string of the molecule is CN(c1cnc2c(n1)OCc1cc(-c3cnn(C4CCCCO4)c3)ccc1-2)C1CC2CC[C@H](C1)N2C(=O)OC(C)(C)C. The number of carbonyl (C=O) groups excluding carboxylic acids is 1. The van der Waals surface area contributed by atoms with E-state index in [0.717, 1.165) is 78.9 Å². The van der Waals surface area contributed by atoms with Crippen LogP contribution in [0.1, 0.15) is 77.5 Å². The van der Waals surface area contributed by atoms with Crippen molar-refractivity contribution in [2.24, 2.45) is 0 Å². The number of aromatic nitrogens is 4. The molecule has 10 nitrogen and oxygen atoms in total.